The van der Waals surface area contributed by atoms with Crippen molar-refractivity contribution in [3.05, 3.63) is 64.3 Å². The molecule has 0 bridgehead atoms. The Kier molecular flexibility index (Phi) is 6.08. The topological polar surface area (TPSA) is 110 Å². The highest BCUT2D eigenvalue weighted by atomic mass is 16.5. The molecule has 0 saturated heterocycles. The van der Waals surface area contributed by atoms with Gasteiger partial charge in [-0.05, 0) is 35.9 Å². The van der Waals surface area contributed by atoms with Crippen LogP contribution in [0.25, 0.3) is 17.3 Å². The van der Waals surface area contributed by atoms with Crippen LogP contribution in [0, 0.1) is 0 Å². The minimum Gasteiger partial charge on any atom is -0.492 e. The van der Waals surface area contributed by atoms with Gasteiger partial charge in [0.15, 0.2) is 11.2 Å². The minimum absolute atomic E-state index is 0.218. The number of hydrogen-bond acceptors (Lipinski definition) is 8. The van der Waals surface area contributed by atoms with E-state index in [1.165, 1.54) is 24.9 Å². The van der Waals surface area contributed by atoms with Crippen LogP contribution in [0.1, 0.15) is 5.56 Å². The normalized spacial score (nSPS) is 10.4. The van der Waals surface area contributed by atoms with Gasteiger partial charge in [-0.3, -0.25) is 4.57 Å². The number of methoxy groups -OCH3 is 2. The molecule has 0 saturated carbocycles. The van der Waals surface area contributed by atoms with Crippen LogP contribution in [0.3, 0.4) is 0 Å². The van der Waals surface area contributed by atoms with E-state index in [1.54, 1.807) is 42.6 Å². The molecule has 0 aliphatic rings. The van der Waals surface area contributed by atoms with Crippen LogP contribution < -0.4 is 10.5 Å². The largest absolute Gasteiger partial charge is 0.492 e. The average Bonchev–Trinajstić information content (AvgIpc) is 3.07. The molecule has 0 spiro atoms. The standard InChI is InChI=1S/C20H18N2O7/c1-26-18(23)15(19(24)27-2)12-13-5-7-14(8-6-13)28-11-10-22-17-16(29-20(22)25)4-3-9-21-17/h3-9,12H,10-11H2,1-2H3. The number of aromatic nitrogens is 2. The molecular formula is C20H18N2O7. The maximum absolute atomic E-state index is 11.9. The predicted molar refractivity (Wildman–Crippen MR) is 102 cm³/mol. The lowest BCUT2D eigenvalue weighted by Crippen LogP contribution is -2.19. The van der Waals surface area contributed by atoms with Gasteiger partial charge in [-0.2, -0.15) is 0 Å². The average molecular weight is 398 g/mol. The smallest absolute Gasteiger partial charge is 0.421 e. The van der Waals surface area contributed by atoms with Gasteiger partial charge >= 0.3 is 17.7 Å². The van der Waals surface area contributed by atoms with Crippen LogP contribution in [-0.2, 0) is 25.6 Å². The van der Waals surface area contributed by atoms with Gasteiger partial charge in [0.2, 0.25) is 0 Å². The first kappa shape index (κ1) is 19.9. The van der Waals surface area contributed by atoms with Crippen molar-refractivity contribution in [1.29, 1.82) is 0 Å². The molecule has 0 fully saturated rings. The van der Waals surface area contributed by atoms with Crippen molar-refractivity contribution >= 4 is 29.2 Å². The Morgan fingerprint density at radius 2 is 1.79 bits per heavy atom. The molecule has 3 rings (SSSR count). The summed E-state index contributed by atoms with van der Waals surface area (Å²) >= 11 is 0. The molecule has 0 unspecified atom stereocenters. The lowest BCUT2D eigenvalue weighted by Gasteiger charge is -2.07. The van der Waals surface area contributed by atoms with Crippen LogP contribution in [0.4, 0.5) is 0 Å². The van der Waals surface area contributed by atoms with E-state index in [2.05, 4.69) is 14.5 Å². The molecule has 2 aromatic heterocycles. The van der Waals surface area contributed by atoms with Crippen LogP contribution in [0.5, 0.6) is 5.75 Å². The maximum Gasteiger partial charge on any atom is 0.421 e. The van der Waals surface area contributed by atoms with Gasteiger partial charge in [0.05, 0.1) is 20.8 Å². The lowest BCUT2D eigenvalue weighted by molar-refractivity contribution is -0.143. The first-order chi connectivity index (χ1) is 14.0. The van der Waals surface area contributed by atoms with E-state index in [9.17, 15) is 14.4 Å². The van der Waals surface area contributed by atoms with Crippen molar-refractivity contribution in [3.8, 4) is 5.75 Å². The number of hydrogen-bond donors (Lipinski definition) is 0. The molecule has 3 aromatic rings. The number of nitrogens with zero attached hydrogens (tertiary/aromatic N) is 2. The van der Waals surface area contributed by atoms with E-state index in [1.807, 2.05) is 0 Å². The van der Waals surface area contributed by atoms with Crippen LogP contribution in [-0.4, -0.2) is 42.3 Å². The fourth-order valence-electron chi connectivity index (χ4n) is 2.60. The third kappa shape index (κ3) is 4.52. The zero-order valence-electron chi connectivity index (χ0n) is 15.8. The highest BCUT2D eigenvalue weighted by Gasteiger charge is 2.19. The zero-order valence-corrected chi connectivity index (χ0v) is 15.8. The molecule has 0 atom stereocenters. The molecule has 9 heteroatoms. The van der Waals surface area contributed by atoms with Crippen molar-refractivity contribution in [2.45, 2.75) is 6.54 Å². The number of ether oxygens (including phenoxy) is 3. The van der Waals surface area contributed by atoms with Crippen molar-refractivity contribution in [1.82, 2.24) is 9.55 Å². The molecule has 1 aromatic carbocycles. The number of pyridine rings is 1. The lowest BCUT2D eigenvalue weighted by atomic mass is 10.1. The summed E-state index contributed by atoms with van der Waals surface area (Å²) in [6.07, 6.45) is 2.95. The Bertz CT molecular complexity index is 1090. The number of oxazole rings is 1. The third-order valence-corrected chi connectivity index (χ3v) is 4.01. The summed E-state index contributed by atoms with van der Waals surface area (Å²) in [7, 11) is 2.36. The molecule has 0 aliphatic carbocycles. The van der Waals surface area contributed by atoms with Gasteiger partial charge in [-0.15, -0.1) is 0 Å². The molecule has 0 N–H and O–H groups in total. The molecule has 9 nitrogen and oxygen atoms in total. The van der Waals surface area contributed by atoms with E-state index in [0.29, 0.717) is 22.5 Å². The van der Waals surface area contributed by atoms with Crippen LogP contribution >= 0.6 is 0 Å². The SMILES string of the molecule is COC(=O)C(=Cc1ccc(OCCn2c(=O)oc3cccnc32)cc1)C(=O)OC. The van der Waals surface area contributed by atoms with Gasteiger partial charge in [-0.25, -0.2) is 19.4 Å². The molecule has 0 radical (unpaired) electrons. The maximum atomic E-state index is 11.9. The summed E-state index contributed by atoms with van der Waals surface area (Å²) in [5, 5.41) is 0. The molecule has 2 heterocycles. The number of rotatable bonds is 7. The Labute approximate surface area is 165 Å². The van der Waals surface area contributed by atoms with Gasteiger partial charge in [0.25, 0.3) is 0 Å². The van der Waals surface area contributed by atoms with E-state index in [-0.39, 0.29) is 18.7 Å². The summed E-state index contributed by atoms with van der Waals surface area (Å²) in [5.41, 5.74) is 1.24. The van der Waals surface area contributed by atoms with Gasteiger partial charge in [0, 0.05) is 6.20 Å². The highest BCUT2D eigenvalue weighted by Crippen LogP contribution is 2.16. The highest BCUT2D eigenvalue weighted by molar-refractivity contribution is 6.17. The number of benzene rings is 1. The quantitative estimate of drug-likeness (QED) is 0.256. The fourth-order valence-corrected chi connectivity index (χ4v) is 2.60. The monoisotopic (exact) mass is 398 g/mol. The van der Waals surface area contributed by atoms with Gasteiger partial charge in [-0.1, -0.05) is 12.1 Å². The van der Waals surface area contributed by atoms with Crippen molar-refractivity contribution in [3.63, 3.8) is 0 Å². The predicted octanol–water partition coefficient (Wildman–Crippen LogP) is 1.80. The first-order valence-electron chi connectivity index (χ1n) is 8.59. The number of carbonyl (C=O) groups is 2. The van der Waals surface area contributed by atoms with Crippen molar-refractivity contribution < 1.29 is 28.2 Å². The summed E-state index contributed by atoms with van der Waals surface area (Å²) in [5.74, 6) is -1.53. The molecular weight excluding hydrogens is 380 g/mol. The van der Waals surface area contributed by atoms with E-state index < -0.39 is 17.7 Å². The molecule has 29 heavy (non-hydrogen) atoms. The van der Waals surface area contributed by atoms with E-state index in [0.717, 1.165) is 0 Å². The number of esters is 2. The van der Waals surface area contributed by atoms with Gasteiger partial charge in [0.1, 0.15) is 17.9 Å². The number of fused-ring (bicyclic) bond motifs is 1. The third-order valence-electron chi connectivity index (χ3n) is 4.01. The summed E-state index contributed by atoms with van der Waals surface area (Å²) in [4.78, 5) is 39.5. The minimum atomic E-state index is -0.788. The molecule has 0 amide bonds. The summed E-state index contributed by atoms with van der Waals surface area (Å²) in [6.45, 7) is 0.481. The second kappa shape index (κ2) is 8.87. The summed E-state index contributed by atoms with van der Waals surface area (Å²) in [6, 6.07) is 10.0. The van der Waals surface area contributed by atoms with E-state index in [4.69, 9.17) is 9.15 Å². The first-order valence-corrected chi connectivity index (χ1v) is 8.59. The van der Waals surface area contributed by atoms with Crippen LogP contribution in [0.2, 0.25) is 0 Å². The zero-order chi connectivity index (χ0) is 20.8. The number of carbonyl (C=O) groups excluding carboxylic acids is 2. The summed E-state index contributed by atoms with van der Waals surface area (Å²) < 4.78 is 21.3. The second-order valence-corrected chi connectivity index (χ2v) is 5.80. The van der Waals surface area contributed by atoms with Crippen molar-refractivity contribution in [2.75, 3.05) is 20.8 Å². The van der Waals surface area contributed by atoms with Gasteiger partial charge < -0.3 is 18.6 Å². The Morgan fingerprint density at radius 1 is 1.10 bits per heavy atom. The Morgan fingerprint density at radius 3 is 2.45 bits per heavy atom. The molecule has 150 valence electrons. The molecule has 0 aliphatic heterocycles. The Balaban J connectivity index is 1.67. The van der Waals surface area contributed by atoms with Crippen LogP contribution in [0.15, 0.2) is 57.4 Å². The Hall–Kier alpha value is -3.88. The van der Waals surface area contributed by atoms with Crippen molar-refractivity contribution in [2.24, 2.45) is 0 Å². The van der Waals surface area contributed by atoms with E-state index >= 15 is 0 Å². The second-order valence-electron chi connectivity index (χ2n) is 5.80. The fraction of sp³-hybridized carbons (Fsp3) is 0.200.